The Morgan fingerprint density at radius 3 is 2.24 bits per heavy atom. The van der Waals surface area contributed by atoms with Crippen molar-refractivity contribution >= 4 is 17.4 Å². The molecule has 4 heteroatoms. The number of hydrogen-bond donors (Lipinski definition) is 1. The molecule has 0 fully saturated rings. The molecule has 88 valence electrons. The van der Waals surface area contributed by atoms with Gasteiger partial charge in [-0.3, -0.25) is 0 Å². The van der Waals surface area contributed by atoms with Gasteiger partial charge in [0, 0.05) is 16.3 Å². The molecule has 2 rings (SSSR count). The molecule has 0 saturated heterocycles. The molecule has 0 spiro atoms. The molecule has 0 aromatic heterocycles. The lowest BCUT2D eigenvalue weighted by molar-refractivity contribution is 0.626. The van der Waals surface area contributed by atoms with E-state index in [0.717, 1.165) is 10.5 Å². The largest absolute Gasteiger partial charge is 0.398 e. The Kier molecular flexibility index (Phi) is 3.64. The van der Waals surface area contributed by atoms with Crippen LogP contribution in [0.4, 0.5) is 14.5 Å². The Morgan fingerprint density at radius 2 is 1.59 bits per heavy atom. The van der Waals surface area contributed by atoms with Crippen molar-refractivity contribution in [1.29, 1.82) is 0 Å². The summed E-state index contributed by atoms with van der Waals surface area (Å²) in [5, 5.41) is 0. The predicted molar refractivity (Wildman–Crippen MR) is 66.8 cm³/mol. The SMILES string of the molecule is Nc1cc(F)ccc1CSc1ccc(F)cc1. The van der Waals surface area contributed by atoms with Crippen LogP contribution < -0.4 is 5.73 Å². The quantitative estimate of drug-likeness (QED) is 0.662. The molecule has 0 bridgehead atoms. The van der Waals surface area contributed by atoms with Crippen molar-refractivity contribution in [3.63, 3.8) is 0 Å². The molecule has 17 heavy (non-hydrogen) atoms. The van der Waals surface area contributed by atoms with Crippen LogP contribution in [0.3, 0.4) is 0 Å². The van der Waals surface area contributed by atoms with E-state index in [1.165, 1.54) is 36.0 Å². The van der Waals surface area contributed by atoms with E-state index in [-0.39, 0.29) is 11.6 Å². The van der Waals surface area contributed by atoms with Crippen LogP contribution in [0.1, 0.15) is 5.56 Å². The summed E-state index contributed by atoms with van der Waals surface area (Å²) in [5.74, 6) is 0.0475. The van der Waals surface area contributed by atoms with Gasteiger partial charge in [-0.25, -0.2) is 8.78 Å². The van der Waals surface area contributed by atoms with Gasteiger partial charge in [-0.2, -0.15) is 0 Å². The highest BCUT2D eigenvalue weighted by molar-refractivity contribution is 7.98. The van der Waals surface area contributed by atoms with Crippen molar-refractivity contribution in [3.8, 4) is 0 Å². The monoisotopic (exact) mass is 251 g/mol. The van der Waals surface area contributed by atoms with Crippen LogP contribution in [0.2, 0.25) is 0 Å². The molecule has 2 aromatic carbocycles. The Balaban J connectivity index is 2.04. The maximum Gasteiger partial charge on any atom is 0.125 e. The van der Waals surface area contributed by atoms with Crippen molar-refractivity contribution in [2.45, 2.75) is 10.6 Å². The summed E-state index contributed by atoms with van der Waals surface area (Å²) in [6.45, 7) is 0. The minimum Gasteiger partial charge on any atom is -0.398 e. The summed E-state index contributed by atoms with van der Waals surface area (Å²) in [7, 11) is 0. The van der Waals surface area contributed by atoms with E-state index in [4.69, 9.17) is 5.73 Å². The van der Waals surface area contributed by atoms with Gasteiger partial charge in [-0.1, -0.05) is 6.07 Å². The number of rotatable bonds is 3. The van der Waals surface area contributed by atoms with Gasteiger partial charge in [0.05, 0.1) is 0 Å². The second-order valence-corrected chi connectivity index (χ2v) is 4.63. The minimum absolute atomic E-state index is 0.254. The molecule has 0 aliphatic rings. The Morgan fingerprint density at radius 1 is 0.941 bits per heavy atom. The maximum atomic E-state index is 12.8. The molecular formula is C13H11F2NS. The van der Waals surface area contributed by atoms with E-state index in [1.54, 1.807) is 18.2 Å². The summed E-state index contributed by atoms with van der Waals surface area (Å²) >= 11 is 1.53. The smallest absolute Gasteiger partial charge is 0.125 e. The van der Waals surface area contributed by atoms with E-state index >= 15 is 0 Å². The number of anilines is 1. The lowest BCUT2D eigenvalue weighted by Gasteiger charge is -2.05. The van der Waals surface area contributed by atoms with E-state index in [1.807, 2.05) is 0 Å². The summed E-state index contributed by atoms with van der Waals surface area (Å²) in [6, 6.07) is 10.6. The zero-order chi connectivity index (χ0) is 12.3. The van der Waals surface area contributed by atoms with Crippen LogP contribution in [0.25, 0.3) is 0 Å². The van der Waals surface area contributed by atoms with Gasteiger partial charge in [-0.15, -0.1) is 11.8 Å². The summed E-state index contributed by atoms with van der Waals surface area (Å²) in [5.41, 5.74) is 7.02. The van der Waals surface area contributed by atoms with Gasteiger partial charge in [0.2, 0.25) is 0 Å². The van der Waals surface area contributed by atoms with Gasteiger partial charge in [0.1, 0.15) is 11.6 Å². The van der Waals surface area contributed by atoms with Gasteiger partial charge in [-0.05, 0) is 42.0 Å². The first-order chi connectivity index (χ1) is 8.15. The summed E-state index contributed by atoms with van der Waals surface area (Å²) in [6.07, 6.45) is 0. The molecule has 2 aromatic rings. The van der Waals surface area contributed by atoms with Crippen molar-refractivity contribution in [2.75, 3.05) is 5.73 Å². The number of hydrogen-bond acceptors (Lipinski definition) is 2. The Labute approximate surface area is 103 Å². The minimum atomic E-state index is -0.335. The van der Waals surface area contributed by atoms with Gasteiger partial charge in [0.25, 0.3) is 0 Å². The first-order valence-electron chi connectivity index (χ1n) is 5.07. The van der Waals surface area contributed by atoms with E-state index in [9.17, 15) is 8.78 Å². The molecule has 0 amide bonds. The average Bonchev–Trinajstić information content (AvgIpc) is 2.30. The molecule has 0 aliphatic heterocycles. The molecule has 1 nitrogen and oxygen atoms in total. The number of benzene rings is 2. The second kappa shape index (κ2) is 5.19. The average molecular weight is 251 g/mol. The topological polar surface area (TPSA) is 26.0 Å². The lowest BCUT2D eigenvalue weighted by atomic mass is 10.2. The number of nitrogen functional groups attached to an aromatic ring is 1. The Bertz CT molecular complexity index is 511. The van der Waals surface area contributed by atoms with Crippen molar-refractivity contribution in [2.24, 2.45) is 0 Å². The van der Waals surface area contributed by atoms with Crippen LogP contribution in [0.5, 0.6) is 0 Å². The molecular weight excluding hydrogens is 240 g/mol. The third-order valence-corrected chi connectivity index (χ3v) is 3.38. The zero-order valence-electron chi connectivity index (χ0n) is 8.99. The summed E-state index contributed by atoms with van der Waals surface area (Å²) in [4.78, 5) is 0.954. The highest BCUT2D eigenvalue weighted by atomic mass is 32.2. The molecule has 0 heterocycles. The van der Waals surface area contributed by atoms with Gasteiger partial charge < -0.3 is 5.73 Å². The predicted octanol–water partition coefficient (Wildman–Crippen LogP) is 3.84. The molecule has 2 N–H and O–H groups in total. The van der Waals surface area contributed by atoms with Crippen molar-refractivity contribution < 1.29 is 8.78 Å². The second-order valence-electron chi connectivity index (χ2n) is 3.59. The van der Waals surface area contributed by atoms with Crippen LogP contribution in [0, 0.1) is 11.6 Å². The molecule has 0 aliphatic carbocycles. The normalized spacial score (nSPS) is 10.5. The first kappa shape index (κ1) is 11.9. The van der Waals surface area contributed by atoms with Crippen LogP contribution in [-0.2, 0) is 5.75 Å². The van der Waals surface area contributed by atoms with E-state index in [2.05, 4.69) is 0 Å². The van der Waals surface area contributed by atoms with Gasteiger partial charge in [0.15, 0.2) is 0 Å². The first-order valence-corrected chi connectivity index (χ1v) is 6.06. The number of nitrogens with two attached hydrogens (primary N) is 1. The number of halogens is 2. The standard InChI is InChI=1S/C13H11F2NS/c14-10-3-5-12(6-4-10)17-8-9-1-2-11(15)7-13(9)16/h1-7H,8,16H2. The van der Waals surface area contributed by atoms with E-state index < -0.39 is 0 Å². The third-order valence-electron chi connectivity index (χ3n) is 2.32. The fraction of sp³-hybridized carbons (Fsp3) is 0.0769. The van der Waals surface area contributed by atoms with Crippen LogP contribution in [0.15, 0.2) is 47.4 Å². The highest BCUT2D eigenvalue weighted by Crippen LogP contribution is 2.25. The zero-order valence-corrected chi connectivity index (χ0v) is 9.81. The van der Waals surface area contributed by atoms with E-state index in [0.29, 0.717) is 11.4 Å². The van der Waals surface area contributed by atoms with Crippen molar-refractivity contribution in [3.05, 3.63) is 59.7 Å². The fourth-order valence-corrected chi connectivity index (χ4v) is 2.30. The summed E-state index contributed by atoms with van der Waals surface area (Å²) < 4.78 is 25.5. The molecule has 0 unspecified atom stereocenters. The van der Waals surface area contributed by atoms with Crippen molar-refractivity contribution in [1.82, 2.24) is 0 Å². The number of thioether (sulfide) groups is 1. The van der Waals surface area contributed by atoms with Gasteiger partial charge >= 0.3 is 0 Å². The highest BCUT2D eigenvalue weighted by Gasteiger charge is 2.02. The lowest BCUT2D eigenvalue weighted by Crippen LogP contribution is -1.93. The van der Waals surface area contributed by atoms with Crippen LogP contribution >= 0.6 is 11.8 Å². The van der Waals surface area contributed by atoms with Crippen LogP contribution in [-0.4, -0.2) is 0 Å². The Hall–Kier alpha value is -1.55. The molecule has 0 saturated carbocycles. The fourth-order valence-electron chi connectivity index (χ4n) is 1.39. The molecule has 0 radical (unpaired) electrons. The maximum absolute atomic E-state index is 12.8. The molecule has 0 atom stereocenters. The third kappa shape index (κ3) is 3.20.